The first kappa shape index (κ1) is 11.8. The second-order valence-electron chi connectivity index (χ2n) is 3.49. The Kier molecular flexibility index (Phi) is 3.94. The highest BCUT2D eigenvalue weighted by molar-refractivity contribution is 5.83. The van der Waals surface area contributed by atoms with Crippen LogP contribution in [-0.4, -0.2) is 22.0 Å². The highest BCUT2D eigenvalue weighted by Crippen LogP contribution is 2.10. The summed E-state index contributed by atoms with van der Waals surface area (Å²) in [7, 11) is 0. The second kappa shape index (κ2) is 5.00. The van der Waals surface area contributed by atoms with Crippen LogP contribution in [0.2, 0.25) is 0 Å². The van der Waals surface area contributed by atoms with E-state index in [1.54, 1.807) is 16.9 Å². The number of hydrogen-bond donors (Lipinski definition) is 0. The molecule has 3 nitrogen and oxygen atoms in total. The van der Waals surface area contributed by atoms with Gasteiger partial charge in [0.2, 0.25) is 5.78 Å². The van der Waals surface area contributed by atoms with Crippen molar-refractivity contribution >= 4 is 5.78 Å². The van der Waals surface area contributed by atoms with Crippen LogP contribution in [-0.2, 0) is 11.2 Å². The minimum atomic E-state index is -2.90. The van der Waals surface area contributed by atoms with Gasteiger partial charge in [-0.3, -0.25) is 9.48 Å². The molecule has 0 fully saturated rings. The maximum Gasteiger partial charge on any atom is 0.296 e. The Labute approximate surface area is 87.1 Å². The van der Waals surface area contributed by atoms with E-state index in [1.807, 2.05) is 13.8 Å². The Bertz CT molecular complexity index is 336. The smallest absolute Gasteiger partial charge is 0.293 e. The number of aromatic nitrogens is 2. The normalized spacial score (nSPS) is 13.1. The molecule has 5 heteroatoms. The van der Waals surface area contributed by atoms with Crippen molar-refractivity contribution in [2.45, 2.75) is 39.2 Å². The van der Waals surface area contributed by atoms with E-state index in [0.29, 0.717) is 5.69 Å². The zero-order valence-corrected chi connectivity index (χ0v) is 8.78. The highest BCUT2D eigenvalue weighted by Gasteiger charge is 2.17. The summed E-state index contributed by atoms with van der Waals surface area (Å²) in [6.07, 6.45) is -0.577. The Hall–Kier alpha value is -1.26. The molecule has 0 aliphatic rings. The van der Waals surface area contributed by atoms with Crippen molar-refractivity contribution in [2.75, 3.05) is 0 Å². The molecule has 0 N–H and O–H groups in total. The first-order valence-electron chi connectivity index (χ1n) is 4.89. The van der Waals surface area contributed by atoms with E-state index < -0.39 is 12.2 Å². The summed E-state index contributed by atoms with van der Waals surface area (Å²) in [6, 6.07) is 1.83. The number of carbonyl (C=O) groups excluding carboxylic acids is 1. The second-order valence-corrected chi connectivity index (χ2v) is 3.49. The zero-order valence-electron chi connectivity index (χ0n) is 8.78. The van der Waals surface area contributed by atoms with Gasteiger partial charge in [-0.25, -0.2) is 8.78 Å². The summed E-state index contributed by atoms with van der Waals surface area (Å²) in [5.74, 6) is -1.08. The van der Waals surface area contributed by atoms with E-state index in [0.717, 1.165) is 6.42 Å². The van der Waals surface area contributed by atoms with Crippen LogP contribution in [0.25, 0.3) is 0 Å². The van der Waals surface area contributed by atoms with Gasteiger partial charge in [-0.05, 0) is 19.4 Å². The molecule has 0 aliphatic heterocycles. The maximum absolute atomic E-state index is 12.0. The van der Waals surface area contributed by atoms with Gasteiger partial charge < -0.3 is 0 Å². The molecule has 0 aliphatic carbocycles. The molecule has 84 valence electrons. The molecule has 0 saturated carbocycles. The highest BCUT2D eigenvalue weighted by atomic mass is 19.3. The van der Waals surface area contributed by atoms with E-state index in [1.165, 1.54) is 0 Å². The van der Waals surface area contributed by atoms with Crippen LogP contribution in [0.4, 0.5) is 8.78 Å². The lowest BCUT2D eigenvalue weighted by Gasteiger charge is -2.07. The molecule has 1 aromatic rings. The Morgan fingerprint density at radius 1 is 1.60 bits per heavy atom. The molecule has 1 unspecified atom stereocenters. The van der Waals surface area contributed by atoms with E-state index in [-0.39, 0.29) is 12.5 Å². The fourth-order valence-corrected chi connectivity index (χ4v) is 1.16. The molecule has 1 aromatic heterocycles. The van der Waals surface area contributed by atoms with Gasteiger partial charge >= 0.3 is 0 Å². The lowest BCUT2D eigenvalue weighted by atomic mass is 10.2. The summed E-state index contributed by atoms with van der Waals surface area (Å²) in [5.41, 5.74) is 0.403. The number of hydrogen-bond acceptors (Lipinski definition) is 2. The lowest BCUT2D eigenvalue weighted by Crippen LogP contribution is -2.13. The van der Waals surface area contributed by atoms with Crippen molar-refractivity contribution in [3.8, 4) is 0 Å². The molecule has 0 radical (unpaired) electrons. The van der Waals surface area contributed by atoms with Gasteiger partial charge in [-0.15, -0.1) is 0 Å². The van der Waals surface area contributed by atoms with Crippen molar-refractivity contribution in [2.24, 2.45) is 0 Å². The summed E-state index contributed by atoms with van der Waals surface area (Å²) < 4.78 is 25.6. The van der Waals surface area contributed by atoms with Crippen molar-refractivity contribution < 1.29 is 13.6 Å². The summed E-state index contributed by atoms with van der Waals surface area (Å²) >= 11 is 0. The van der Waals surface area contributed by atoms with Crippen LogP contribution in [0.1, 0.15) is 32.0 Å². The fourth-order valence-electron chi connectivity index (χ4n) is 1.16. The molecule has 0 saturated heterocycles. The van der Waals surface area contributed by atoms with Crippen molar-refractivity contribution in [1.82, 2.24) is 9.78 Å². The van der Waals surface area contributed by atoms with E-state index in [2.05, 4.69) is 5.10 Å². The van der Waals surface area contributed by atoms with Crippen molar-refractivity contribution in [3.63, 3.8) is 0 Å². The van der Waals surface area contributed by atoms with Crippen molar-refractivity contribution in [3.05, 3.63) is 18.0 Å². The third-order valence-corrected chi connectivity index (χ3v) is 2.30. The number of rotatable bonds is 5. The Morgan fingerprint density at radius 3 is 2.80 bits per heavy atom. The van der Waals surface area contributed by atoms with Crippen LogP contribution in [0.15, 0.2) is 12.3 Å². The molecule has 0 aromatic carbocycles. The Morgan fingerprint density at radius 2 is 2.27 bits per heavy atom. The number of halogens is 2. The SMILES string of the molecule is CCC(C)n1ccc(CC(=O)C(F)F)n1. The molecule has 1 heterocycles. The largest absolute Gasteiger partial charge is 0.296 e. The van der Waals surface area contributed by atoms with Crippen molar-refractivity contribution in [1.29, 1.82) is 0 Å². The lowest BCUT2D eigenvalue weighted by molar-refractivity contribution is -0.128. The average molecular weight is 216 g/mol. The van der Waals surface area contributed by atoms with Gasteiger partial charge in [0, 0.05) is 12.2 Å². The molecule has 0 bridgehead atoms. The van der Waals surface area contributed by atoms with Crippen LogP contribution >= 0.6 is 0 Å². The zero-order chi connectivity index (χ0) is 11.4. The first-order chi connectivity index (χ1) is 7.04. The number of Topliss-reactive ketones (excluding diaryl/α,β-unsaturated/α-hetero) is 1. The average Bonchev–Trinajstić information content (AvgIpc) is 2.65. The number of nitrogens with zero attached hydrogens (tertiary/aromatic N) is 2. The maximum atomic E-state index is 12.0. The van der Waals surface area contributed by atoms with E-state index in [9.17, 15) is 13.6 Å². The molecule has 1 rings (SSSR count). The predicted octanol–water partition coefficient (Wildman–Crippen LogP) is 2.23. The van der Waals surface area contributed by atoms with E-state index in [4.69, 9.17) is 0 Å². The summed E-state index contributed by atoms with van der Waals surface area (Å²) in [4.78, 5) is 10.8. The van der Waals surface area contributed by atoms with Crippen LogP contribution < -0.4 is 0 Å². The molecule has 0 spiro atoms. The van der Waals surface area contributed by atoms with Crippen LogP contribution in [0, 0.1) is 0 Å². The fraction of sp³-hybridized carbons (Fsp3) is 0.600. The van der Waals surface area contributed by atoms with Crippen LogP contribution in [0.3, 0.4) is 0 Å². The van der Waals surface area contributed by atoms with Gasteiger partial charge in [0.25, 0.3) is 6.43 Å². The summed E-state index contributed by atoms with van der Waals surface area (Å²) in [6.45, 7) is 3.99. The van der Waals surface area contributed by atoms with Gasteiger partial charge in [-0.1, -0.05) is 6.92 Å². The number of carbonyl (C=O) groups is 1. The minimum Gasteiger partial charge on any atom is -0.293 e. The van der Waals surface area contributed by atoms with Gasteiger partial charge in [-0.2, -0.15) is 5.10 Å². The Balaban J connectivity index is 2.64. The number of alkyl halides is 2. The van der Waals surface area contributed by atoms with Crippen LogP contribution in [0.5, 0.6) is 0 Å². The van der Waals surface area contributed by atoms with E-state index >= 15 is 0 Å². The molecule has 15 heavy (non-hydrogen) atoms. The number of ketones is 1. The summed E-state index contributed by atoms with van der Waals surface area (Å²) in [5, 5.41) is 4.07. The third kappa shape index (κ3) is 3.11. The van der Waals surface area contributed by atoms with Gasteiger partial charge in [0.05, 0.1) is 12.1 Å². The molecule has 0 amide bonds. The molecular formula is C10H14F2N2O. The van der Waals surface area contributed by atoms with Gasteiger partial charge in [0.1, 0.15) is 0 Å². The van der Waals surface area contributed by atoms with Gasteiger partial charge in [0.15, 0.2) is 0 Å². The predicted molar refractivity (Wildman–Crippen MR) is 51.9 cm³/mol. The minimum absolute atomic E-state index is 0.223. The monoisotopic (exact) mass is 216 g/mol. The first-order valence-corrected chi connectivity index (χ1v) is 4.89. The molecular weight excluding hydrogens is 202 g/mol. The standard InChI is InChI=1S/C10H14F2N2O/c1-3-7(2)14-5-4-8(13-14)6-9(15)10(11)12/h4-5,7,10H,3,6H2,1-2H3. The third-order valence-electron chi connectivity index (χ3n) is 2.30. The quantitative estimate of drug-likeness (QED) is 0.756. The molecule has 1 atom stereocenters. The topological polar surface area (TPSA) is 34.9 Å².